The molecule has 1 heterocycles. The van der Waals surface area contributed by atoms with E-state index in [1.165, 1.54) is 11.3 Å². The largest absolute Gasteiger partial charge is 0.315 e. The highest BCUT2D eigenvalue weighted by atomic mass is 32.1. The van der Waals surface area contributed by atoms with E-state index in [0.717, 1.165) is 18.8 Å². The predicted molar refractivity (Wildman–Crippen MR) is 42.3 cm³/mol. The molecule has 4 heteroatoms. The van der Waals surface area contributed by atoms with Crippen LogP contribution in [0.25, 0.3) is 0 Å². The molecule has 10 heavy (non-hydrogen) atoms. The Morgan fingerprint density at radius 2 is 2.60 bits per heavy atom. The third kappa shape index (κ3) is 1.97. The summed E-state index contributed by atoms with van der Waals surface area (Å²) in [5, 5.41) is 4.95. The van der Waals surface area contributed by atoms with Gasteiger partial charge in [0.05, 0.1) is 0 Å². The Hall–Kier alpha value is -0.610. The van der Waals surface area contributed by atoms with E-state index in [4.69, 9.17) is 0 Å². The van der Waals surface area contributed by atoms with Crippen LogP contribution in [0.5, 0.6) is 0 Å². The Morgan fingerprint density at radius 1 is 1.80 bits per heavy atom. The molecule has 2 N–H and O–H groups in total. The number of thiazole rings is 1. The summed E-state index contributed by atoms with van der Waals surface area (Å²) in [6.45, 7) is 3.72. The van der Waals surface area contributed by atoms with E-state index in [0.29, 0.717) is 0 Å². The molecule has 0 spiro atoms. The van der Waals surface area contributed by atoms with Gasteiger partial charge in [-0.2, -0.15) is 0 Å². The van der Waals surface area contributed by atoms with Crippen molar-refractivity contribution in [1.29, 1.82) is 0 Å². The minimum atomic E-state index is 0.0212. The predicted octanol–water partition coefficient (Wildman–Crippen LogP) is 0.546. The van der Waals surface area contributed by atoms with Crippen LogP contribution in [0.3, 0.4) is 0 Å². The maximum atomic E-state index is 10.6. The summed E-state index contributed by atoms with van der Waals surface area (Å²) in [7, 11) is 0. The third-order valence-corrected chi connectivity index (χ3v) is 1.85. The van der Waals surface area contributed by atoms with Crippen molar-refractivity contribution in [2.75, 3.05) is 6.54 Å². The molecule has 0 radical (unpaired) electrons. The van der Waals surface area contributed by atoms with Gasteiger partial charge in [-0.1, -0.05) is 18.3 Å². The summed E-state index contributed by atoms with van der Waals surface area (Å²) in [4.78, 5) is 13.3. The van der Waals surface area contributed by atoms with E-state index in [1.54, 1.807) is 0 Å². The smallest absolute Gasteiger partial charge is 0.304 e. The van der Waals surface area contributed by atoms with Gasteiger partial charge in [0, 0.05) is 17.6 Å². The van der Waals surface area contributed by atoms with Crippen LogP contribution in [0.1, 0.15) is 12.6 Å². The molecule has 3 nitrogen and oxygen atoms in total. The number of nitrogens with one attached hydrogen (secondary N) is 2. The first-order valence-electron chi connectivity index (χ1n) is 3.20. The van der Waals surface area contributed by atoms with Gasteiger partial charge in [0.15, 0.2) is 0 Å². The zero-order chi connectivity index (χ0) is 7.40. The summed E-state index contributed by atoms with van der Waals surface area (Å²) >= 11 is 1.20. The van der Waals surface area contributed by atoms with Gasteiger partial charge in [-0.15, -0.1) is 0 Å². The highest BCUT2D eigenvalue weighted by Crippen LogP contribution is 1.93. The third-order valence-electron chi connectivity index (χ3n) is 1.14. The highest BCUT2D eigenvalue weighted by Gasteiger charge is 1.92. The number of rotatable bonds is 3. The van der Waals surface area contributed by atoms with Gasteiger partial charge in [0.1, 0.15) is 0 Å². The van der Waals surface area contributed by atoms with E-state index in [9.17, 15) is 4.79 Å². The van der Waals surface area contributed by atoms with Crippen molar-refractivity contribution in [3.63, 3.8) is 0 Å². The van der Waals surface area contributed by atoms with Crippen molar-refractivity contribution in [3.8, 4) is 0 Å². The van der Waals surface area contributed by atoms with E-state index < -0.39 is 0 Å². The zero-order valence-corrected chi connectivity index (χ0v) is 6.62. The Balaban J connectivity index is 2.50. The summed E-state index contributed by atoms with van der Waals surface area (Å²) in [5.74, 6) is 0. The lowest BCUT2D eigenvalue weighted by Gasteiger charge is -1.94. The maximum Gasteiger partial charge on any atom is 0.304 e. The van der Waals surface area contributed by atoms with Crippen molar-refractivity contribution in [2.45, 2.75) is 13.5 Å². The molecular weight excluding hydrogens is 148 g/mol. The van der Waals surface area contributed by atoms with Crippen LogP contribution in [0.2, 0.25) is 0 Å². The zero-order valence-electron chi connectivity index (χ0n) is 5.81. The highest BCUT2D eigenvalue weighted by molar-refractivity contribution is 7.07. The molecule has 0 saturated carbocycles. The number of hydrogen-bond acceptors (Lipinski definition) is 3. The van der Waals surface area contributed by atoms with Gasteiger partial charge in [0.25, 0.3) is 0 Å². The van der Waals surface area contributed by atoms with Crippen LogP contribution in [0.15, 0.2) is 10.2 Å². The molecule has 0 unspecified atom stereocenters. The lowest BCUT2D eigenvalue weighted by atomic mass is 10.5. The minimum Gasteiger partial charge on any atom is -0.315 e. The monoisotopic (exact) mass is 158 g/mol. The van der Waals surface area contributed by atoms with Crippen LogP contribution in [-0.4, -0.2) is 11.5 Å². The maximum absolute atomic E-state index is 10.6. The number of hydrogen-bond donors (Lipinski definition) is 2. The molecule has 0 aliphatic rings. The van der Waals surface area contributed by atoms with E-state index in [1.807, 2.05) is 12.3 Å². The van der Waals surface area contributed by atoms with Crippen molar-refractivity contribution >= 4 is 11.3 Å². The fourth-order valence-corrected chi connectivity index (χ4v) is 1.24. The van der Waals surface area contributed by atoms with Crippen LogP contribution in [0.4, 0.5) is 0 Å². The molecule has 0 bridgehead atoms. The molecule has 0 aliphatic carbocycles. The molecular formula is C6H10N2OS. The lowest BCUT2D eigenvalue weighted by molar-refractivity contribution is 0.713. The Labute approximate surface area is 63.1 Å². The van der Waals surface area contributed by atoms with Crippen LogP contribution in [-0.2, 0) is 6.54 Å². The van der Waals surface area contributed by atoms with Crippen molar-refractivity contribution in [1.82, 2.24) is 10.3 Å². The van der Waals surface area contributed by atoms with Crippen LogP contribution >= 0.6 is 11.3 Å². The van der Waals surface area contributed by atoms with Crippen molar-refractivity contribution in [2.24, 2.45) is 0 Å². The van der Waals surface area contributed by atoms with Gasteiger partial charge in [-0.3, -0.25) is 4.79 Å². The Kier molecular flexibility index (Phi) is 2.65. The first kappa shape index (κ1) is 7.50. The summed E-state index contributed by atoms with van der Waals surface area (Å²) in [6, 6.07) is 0. The van der Waals surface area contributed by atoms with Crippen molar-refractivity contribution < 1.29 is 0 Å². The lowest BCUT2D eigenvalue weighted by Crippen LogP contribution is -2.12. The first-order valence-corrected chi connectivity index (χ1v) is 4.08. The molecule has 56 valence electrons. The first-order chi connectivity index (χ1) is 4.83. The summed E-state index contributed by atoms with van der Waals surface area (Å²) < 4.78 is 0. The second-order valence-corrected chi connectivity index (χ2v) is 2.80. The Morgan fingerprint density at radius 3 is 3.10 bits per heavy atom. The topological polar surface area (TPSA) is 44.9 Å². The number of aromatic amines is 1. The fourth-order valence-electron chi connectivity index (χ4n) is 0.660. The molecule has 1 aromatic rings. The molecule has 1 aromatic heterocycles. The normalized spacial score (nSPS) is 10.1. The molecule has 0 atom stereocenters. The molecule has 0 amide bonds. The second-order valence-electron chi connectivity index (χ2n) is 1.95. The van der Waals surface area contributed by atoms with Gasteiger partial charge in [-0.25, -0.2) is 0 Å². The van der Waals surface area contributed by atoms with Gasteiger partial charge in [-0.05, 0) is 6.54 Å². The average Bonchev–Trinajstić information content (AvgIpc) is 2.31. The fraction of sp³-hybridized carbons (Fsp3) is 0.500. The number of H-pyrrole nitrogens is 1. The van der Waals surface area contributed by atoms with Crippen molar-refractivity contribution in [3.05, 3.63) is 20.7 Å². The summed E-state index contributed by atoms with van der Waals surface area (Å²) in [5.41, 5.74) is 0.969. The molecule has 0 aliphatic heterocycles. The van der Waals surface area contributed by atoms with E-state index >= 15 is 0 Å². The van der Waals surface area contributed by atoms with Crippen LogP contribution < -0.4 is 10.2 Å². The van der Waals surface area contributed by atoms with E-state index in [-0.39, 0.29) is 4.87 Å². The minimum absolute atomic E-state index is 0.0212. The SMILES string of the molecule is CCNCc1csc(=O)[nH]1. The summed E-state index contributed by atoms with van der Waals surface area (Å²) in [6.07, 6.45) is 0. The molecule has 1 rings (SSSR count). The molecule has 0 fully saturated rings. The van der Waals surface area contributed by atoms with Gasteiger partial charge < -0.3 is 10.3 Å². The Bertz CT molecular complexity index is 240. The molecule has 0 saturated heterocycles. The van der Waals surface area contributed by atoms with E-state index in [2.05, 4.69) is 10.3 Å². The second kappa shape index (κ2) is 3.53. The standard InChI is InChI=1S/C6H10N2OS/c1-2-7-3-5-4-10-6(9)8-5/h4,7H,2-3H2,1H3,(H,8,9). The quantitative estimate of drug-likeness (QED) is 0.674. The van der Waals surface area contributed by atoms with Crippen LogP contribution in [0, 0.1) is 0 Å². The average molecular weight is 158 g/mol. The van der Waals surface area contributed by atoms with Gasteiger partial charge >= 0.3 is 4.87 Å². The number of aromatic nitrogens is 1. The molecule has 0 aromatic carbocycles. The van der Waals surface area contributed by atoms with Gasteiger partial charge in [0.2, 0.25) is 0 Å².